The molecular weight excluding hydrogens is 314 g/mol. The molecule has 0 aliphatic carbocycles. The van der Waals surface area contributed by atoms with Gasteiger partial charge in [-0.05, 0) is 30.5 Å². The van der Waals surface area contributed by atoms with E-state index < -0.39 is 0 Å². The van der Waals surface area contributed by atoms with Crippen LogP contribution in [0.25, 0.3) is 0 Å². The van der Waals surface area contributed by atoms with Crippen LogP contribution >= 0.6 is 0 Å². The lowest BCUT2D eigenvalue weighted by Crippen LogP contribution is -2.42. The van der Waals surface area contributed by atoms with Gasteiger partial charge in [0.15, 0.2) is 0 Å². The molecule has 1 atom stereocenters. The quantitative estimate of drug-likeness (QED) is 0.807. The zero-order valence-corrected chi connectivity index (χ0v) is 14.7. The summed E-state index contributed by atoms with van der Waals surface area (Å²) in [5.41, 5.74) is 2.22. The average molecular weight is 339 g/mol. The molecular formula is C21H25NO3. The molecule has 0 radical (unpaired) electrons. The third-order valence-corrected chi connectivity index (χ3v) is 4.47. The Morgan fingerprint density at radius 2 is 1.92 bits per heavy atom. The Morgan fingerprint density at radius 1 is 1.16 bits per heavy atom. The van der Waals surface area contributed by atoms with Crippen LogP contribution in [-0.4, -0.2) is 37.1 Å². The molecule has 0 saturated carbocycles. The summed E-state index contributed by atoms with van der Waals surface area (Å²) in [6, 6.07) is 18.0. The Labute approximate surface area is 149 Å². The lowest BCUT2D eigenvalue weighted by molar-refractivity contribution is -0.139. The van der Waals surface area contributed by atoms with Crippen molar-refractivity contribution < 1.29 is 14.3 Å². The Morgan fingerprint density at radius 3 is 2.72 bits per heavy atom. The predicted molar refractivity (Wildman–Crippen MR) is 97.6 cm³/mol. The second-order valence-electron chi connectivity index (χ2n) is 6.15. The van der Waals surface area contributed by atoms with Crippen LogP contribution in [-0.2, 0) is 16.0 Å². The van der Waals surface area contributed by atoms with Crippen molar-refractivity contribution >= 4 is 5.91 Å². The number of rotatable bonds is 6. The first-order chi connectivity index (χ1) is 12.3. The van der Waals surface area contributed by atoms with E-state index in [0.29, 0.717) is 39.1 Å². The van der Waals surface area contributed by atoms with Gasteiger partial charge < -0.3 is 14.4 Å². The van der Waals surface area contributed by atoms with E-state index in [-0.39, 0.29) is 12.0 Å². The maximum Gasteiger partial charge on any atom is 0.223 e. The largest absolute Gasteiger partial charge is 0.494 e. The van der Waals surface area contributed by atoms with Crippen molar-refractivity contribution in [3.63, 3.8) is 0 Å². The van der Waals surface area contributed by atoms with E-state index >= 15 is 0 Å². The molecule has 1 unspecified atom stereocenters. The number of benzene rings is 2. The molecule has 25 heavy (non-hydrogen) atoms. The van der Waals surface area contributed by atoms with Crippen LogP contribution < -0.4 is 4.74 Å². The Kier molecular flexibility index (Phi) is 6.07. The molecule has 0 spiro atoms. The second-order valence-corrected chi connectivity index (χ2v) is 6.15. The average Bonchev–Trinajstić information content (AvgIpc) is 2.68. The minimum atomic E-state index is -0.0328. The summed E-state index contributed by atoms with van der Waals surface area (Å²) in [4.78, 5) is 14.6. The van der Waals surface area contributed by atoms with Crippen molar-refractivity contribution in [1.82, 2.24) is 4.90 Å². The van der Waals surface area contributed by atoms with Gasteiger partial charge in [0.1, 0.15) is 11.9 Å². The van der Waals surface area contributed by atoms with Gasteiger partial charge in [0.05, 0.1) is 19.8 Å². The summed E-state index contributed by atoms with van der Waals surface area (Å²) in [6.07, 6.45) is 1.16. The van der Waals surface area contributed by atoms with Crippen LogP contribution in [0.2, 0.25) is 0 Å². The number of aryl methyl sites for hydroxylation is 1. The third-order valence-electron chi connectivity index (χ3n) is 4.47. The lowest BCUT2D eigenvalue weighted by Gasteiger charge is -2.33. The van der Waals surface area contributed by atoms with Crippen LogP contribution in [0.4, 0.5) is 0 Å². The smallest absolute Gasteiger partial charge is 0.223 e. The minimum Gasteiger partial charge on any atom is -0.494 e. The molecule has 4 heteroatoms. The Balaban J connectivity index is 1.58. The number of amides is 1. The van der Waals surface area contributed by atoms with Crippen LogP contribution in [0.5, 0.6) is 5.75 Å². The lowest BCUT2D eigenvalue weighted by atomic mass is 10.1. The van der Waals surface area contributed by atoms with Gasteiger partial charge in [-0.1, -0.05) is 48.5 Å². The topological polar surface area (TPSA) is 38.8 Å². The molecule has 1 fully saturated rings. The molecule has 0 bridgehead atoms. The molecule has 1 saturated heterocycles. The number of nitrogens with zero attached hydrogens (tertiary/aromatic N) is 1. The zero-order valence-electron chi connectivity index (χ0n) is 14.7. The molecule has 0 aromatic heterocycles. The number of ether oxygens (including phenoxy) is 2. The van der Waals surface area contributed by atoms with Crippen molar-refractivity contribution in [1.29, 1.82) is 0 Å². The van der Waals surface area contributed by atoms with Gasteiger partial charge in [-0.25, -0.2) is 0 Å². The highest BCUT2D eigenvalue weighted by Gasteiger charge is 2.25. The fourth-order valence-electron chi connectivity index (χ4n) is 3.15. The minimum absolute atomic E-state index is 0.0328. The number of para-hydroxylation sites is 1. The molecule has 4 nitrogen and oxygen atoms in total. The van der Waals surface area contributed by atoms with Crippen molar-refractivity contribution in [2.75, 3.05) is 26.3 Å². The highest BCUT2D eigenvalue weighted by atomic mass is 16.5. The van der Waals surface area contributed by atoms with E-state index in [1.165, 1.54) is 0 Å². The number of carbonyl (C=O) groups excluding carboxylic acids is 1. The molecule has 132 valence electrons. The van der Waals surface area contributed by atoms with E-state index in [9.17, 15) is 4.79 Å². The van der Waals surface area contributed by atoms with E-state index in [2.05, 4.69) is 12.1 Å². The molecule has 0 N–H and O–H groups in total. The summed E-state index contributed by atoms with van der Waals surface area (Å²) < 4.78 is 11.5. The van der Waals surface area contributed by atoms with E-state index in [4.69, 9.17) is 9.47 Å². The summed E-state index contributed by atoms with van der Waals surface area (Å²) >= 11 is 0. The zero-order chi connectivity index (χ0) is 17.5. The molecule has 2 aromatic carbocycles. The first-order valence-electron chi connectivity index (χ1n) is 8.93. The van der Waals surface area contributed by atoms with E-state index in [1.54, 1.807) is 0 Å². The number of hydrogen-bond acceptors (Lipinski definition) is 3. The van der Waals surface area contributed by atoms with E-state index in [0.717, 1.165) is 16.9 Å². The molecule has 1 amide bonds. The standard InChI is InChI=1S/C21H25NO3/c1-2-24-19-11-7-6-10-18(19)12-13-21(23)22-14-15-25-20(16-22)17-8-4-3-5-9-17/h3-11,20H,2,12-16H2,1H3. The molecule has 1 aliphatic rings. The fraction of sp³-hybridized carbons (Fsp3) is 0.381. The third kappa shape index (κ3) is 4.60. The van der Waals surface area contributed by atoms with Crippen LogP contribution in [0, 0.1) is 0 Å². The van der Waals surface area contributed by atoms with Gasteiger partial charge in [-0.3, -0.25) is 4.79 Å². The van der Waals surface area contributed by atoms with Crippen LogP contribution in [0.1, 0.15) is 30.6 Å². The molecule has 1 aliphatic heterocycles. The fourth-order valence-corrected chi connectivity index (χ4v) is 3.15. The van der Waals surface area contributed by atoms with Crippen molar-refractivity contribution in [2.24, 2.45) is 0 Å². The van der Waals surface area contributed by atoms with Crippen LogP contribution in [0.15, 0.2) is 54.6 Å². The van der Waals surface area contributed by atoms with Gasteiger partial charge in [0, 0.05) is 13.0 Å². The normalized spacial score (nSPS) is 17.3. The first-order valence-corrected chi connectivity index (χ1v) is 8.93. The maximum atomic E-state index is 12.6. The summed E-state index contributed by atoms with van der Waals surface area (Å²) in [5.74, 6) is 1.05. The molecule has 2 aromatic rings. The highest BCUT2D eigenvalue weighted by Crippen LogP contribution is 2.24. The summed E-state index contributed by atoms with van der Waals surface area (Å²) in [7, 11) is 0. The second kappa shape index (κ2) is 8.67. The highest BCUT2D eigenvalue weighted by molar-refractivity contribution is 5.76. The van der Waals surface area contributed by atoms with Gasteiger partial charge in [-0.15, -0.1) is 0 Å². The van der Waals surface area contributed by atoms with Crippen molar-refractivity contribution in [3.8, 4) is 5.75 Å². The van der Waals surface area contributed by atoms with Gasteiger partial charge in [-0.2, -0.15) is 0 Å². The summed E-state index contributed by atoms with van der Waals surface area (Å²) in [6.45, 7) is 4.47. The summed E-state index contributed by atoms with van der Waals surface area (Å²) in [5, 5.41) is 0. The first kappa shape index (κ1) is 17.5. The maximum absolute atomic E-state index is 12.6. The van der Waals surface area contributed by atoms with Gasteiger partial charge in [0.25, 0.3) is 0 Å². The van der Waals surface area contributed by atoms with Crippen LogP contribution in [0.3, 0.4) is 0 Å². The number of carbonyl (C=O) groups is 1. The Bertz CT molecular complexity index is 687. The van der Waals surface area contributed by atoms with Gasteiger partial charge >= 0.3 is 0 Å². The van der Waals surface area contributed by atoms with E-state index in [1.807, 2.05) is 54.3 Å². The molecule has 1 heterocycles. The molecule has 3 rings (SSSR count). The predicted octanol–water partition coefficient (Wildman–Crippen LogP) is 3.62. The van der Waals surface area contributed by atoms with Crippen molar-refractivity contribution in [2.45, 2.75) is 25.9 Å². The number of morpholine rings is 1. The SMILES string of the molecule is CCOc1ccccc1CCC(=O)N1CCOC(c2ccccc2)C1. The van der Waals surface area contributed by atoms with Gasteiger partial charge in [0.2, 0.25) is 5.91 Å². The monoisotopic (exact) mass is 339 g/mol. The Hall–Kier alpha value is -2.33. The van der Waals surface area contributed by atoms with Crippen molar-refractivity contribution in [3.05, 3.63) is 65.7 Å². The number of hydrogen-bond donors (Lipinski definition) is 0.